The zero-order chi connectivity index (χ0) is 13.5. The summed E-state index contributed by atoms with van der Waals surface area (Å²) in [6, 6.07) is 8.60. The fourth-order valence-electron chi connectivity index (χ4n) is 1.78. The second kappa shape index (κ2) is 7.05. The minimum Gasteiger partial charge on any atom is -0.378 e. The van der Waals surface area contributed by atoms with E-state index in [0.29, 0.717) is 0 Å². The lowest BCUT2D eigenvalue weighted by atomic mass is 10.1. The van der Waals surface area contributed by atoms with Crippen molar-refractivity contribution in [1.29, 1.82) is 0 Å². The third kappa shape index (κ3) is 4.49. The molecule has 1 nitrogen and oxygen atoms in total. The molecule has 0 aliphatic carbocycles. The number of thioether (sulfide) groups is 1. The minimum absolute atomic E-state index is 1.02. The smallest absolute Gasteiger partial charge is 0.0361 e. The Morgan fingerprint density at radius 2 is 1.84 bits per heavy atom. The predicted octanol–water partition coefficient (Wildman–Crippen LogP) is 4.51. The van der Waals surface area contributed by atoms with E-state index in [2.05, 4.69) is 85.1 Å². The molecule has 1 heterocycles. The molecular weight excluding hydrogens is 250 g/mol. The summed E-state index contributed by atoms with van der Waals surface area (Å²) in [5.41, 5.74) is 3.68. The number of benzene rings is 1. The summed E-state index contributed by atoms with van der Waals surface area (Å²) in [4.78, 5) is 2.11. The van der Waals surface area contributed by atoms with Crippen LogP contribution in [0.15, 0.2) is 65.6 Å². The maximum atomic E-state index is 2.20. The van der Waals surface area contributed by atoms with Crippen LogP contribution >= 0.6 is 11.8 Å². The Morgan fingerprint density at radius 3 is 2.58 bits per heavy atom. The Balaban J connectivity index is 2.20. The molecule has 0 amide bonds. The van der Waals surface area contributed by atoms with E-state index in [0.717, 1.165) is 5.75 Å². The molecule has 1 aliphatic rings. The highest BCUT2D eigenvalue weighted by Crippen LogP contribution is 2.16. The SMILES string of the molecule is CN(C)c1ccc(/C=C2/C=C\C=C/SC\C=C/2)cc1. The molecular formula is C17H19NS. The van der Waals surface area contributed by atoms with Gasteiger partial charge in [-0.25, -0.2) is 0 Å². The molecule has 0 spiro atoms. The fraction of sp³-hybridized carbons (Fsp3) is 0.176. The Labute approximate surface area is 120 Å². The van der Waals surface area contributed by atoms with Crippen molar-refractivity contribution in [3.63, 3.8) is 0 Å². The first-order valence-corrected chi connectivity index (χ1v) is 7.41. The molecule has 0 atom stereocenters. The molecule has 1 aromatic carbocycles. The molecule has 0 bridgehead atoms. The van der Waals surface area contributed by atoms with Crippen LogP contribution in [0.25, 0.3) is 6.08 Å². The Hall–Kier alpha value is -1.67. The van der Waals surface area contributed by atoms with Gasteiger partial charge >= 0.3 is 0 Å². The Morgan fingerprint density at radius 1 is 1.05 bits per heavy atom. The van der Waals surface area contributed by atoms with Gasteiger partial charge < -0.3 is 4.90 Å². The van der Waals surface area contributed by atoms with Crippen LogP contribution in [0.1, 0.15) is 5.56 Å². The Kier molecular flexibility index (Phi) is 5.10. The van der Waals surface area contributed by atoms with Crippen molar-refractivity contribution in [2.45, 2.75) is 0 Å². The van der Waals surface area contributed by atoms with Gasteiger partial charge in [-0.3, -0.25) is 0 Å². The van der Waals surface area contributed by atoms with Gasteiger partial charge in [-0.1, -0.05) is 42.5 Å². The van der Waals surface area contributed by atoms with Gasteiger partial charge in [-0.05, 0) is 34.8 Å². The number of hydrogen-bond donors (Lipinski definition) is 0. The molecule has 1 aliphatic heterocycles. The van der Waals surface area contributed by atoms with Gasteiger partial charge in [0.1, 0.15) is 0 Å². The molecule has 0 saturated carbocycles. The standard InChI is InChI=1S/C17H19NS/c1-18(2)17-10-8-16(9-11-17)14-15-6-3-4-12-19-13-5-7-15/h3-12,14H,13H2,1-2H3/b6-3-,7-5-,12-4-,15-14-. The van der Waals surface area contributed by atoms with Crippen LogP contribution < -0.4 is 4.90 Å². The van der Waals surface area contributed by atoms with Gasteiger partial charge in [0.05, 0.1) is 0 Å². The van der Waals surface area contributed by atoms with E-state index in [4.69, 9.17) is 0 Å². The zero-order valence-corrected chi connectivity index (χ0v) is 12.2. The third-order valence-corrected chi connectivity index (χ3v) is 3.55. The van der Waals surface area contributed by atoms with Crippen LogP contribution in [0, 0.1) is 0 Å². The highest BCUT2D eigenvalue weighted by Gasteiger charge is 1.95. The van der Waals surface area contributed by atoms with Crippen LogP contribution in [0.5, 0.6) is 0 Å². The van der Waals surface area contributed by atoms with E-state index in [9.17, 15) is 0 Å². The first kappa shape index (κ1) is 13.8. The van der Waals surface area contributed by atoms with E-state index in [1.807, 2.05) is 0 Å². The first-order chi connectivity index (χ1) is 9.25. The van der Waals surface area contributed by atoms with Crippen LogP contribution in [-0.2, 0) is 0 Å². The van der Waals surface area contributed by atoms with Crippen molar-refractivity contribution in [2.24, 2.45) is 0 Å². The number of allylic oxidation sites excluding steroid dienone is 5. The molecule has 2 rings (SSSR count). The van der Waals surface area contributed by atoms with Crippen molar-refractivity contribution in [3.05, 3.63) is 71.2 Å². The lowest BCUT2D eigenvalue weighted by Gasteiger charge is -2.11. The zero-order valence-electron chi connectivity index (χ0n) is 11.4. The van der Waals surface area contributed by atoms with E-state index >= 15 is 0 Å². The number of nitrogens with zero attached hydrogens (tertiary/aromatic N) is 1. The first-order valence-electron chi connectivity index (χ1n) is 6.36. The van der Waals surface area contributed by atoms with Crippen LogP contribution in [0.4, 0.5) is 5.69 Å². The van der Waals surface area contributed by atoms with Gasteiger partial charge in [0.15, 0.2) is 0 Å². The van der Waals surface area contributed by atoms with Gasteiger partial charge in [-0.15, -0.1) is 11.8 Å². The molecule has 1 aromatic rings. The van der Waals surface area contributed by atoms with Crippen LogP contribution in [0.2, 0.25) is 0 Å². The number of rotatable bonds is 2. The van der Waals surface area contributed by atoms with E-state index < -0.39 is 0 Å². The maximum Gasteiger partial charge on any atom is 0.0361 e. The highest BCUT2D eigenvalue weighted by molar-refractivity contribution is 8.02. The average molecular weight is 269 g/mol. The molecule has 0 saturated heterocycles. The molecule has 0 radical (unpaired) electrons. The molecule has 0 unspecified atom stereocenters. The van der Waals surface area contributed by atoms with Crippen LogP contribution in [-0.4, -0.2) is 19.8 Å². The van der Waals surface area contributed by atoms with Crippen molar-refractivity contribution in [2.75, 3.05) is 24.7 Å². The summed E-state index contributed by atoms with van der Waals surface area (Å²) in [5, 5.41) is 2.12. The predicted molar refractivity (Wildman–Crippen MR) is 88.6 cm³/mol. The van der Waals surface area contributed by atoms with E-state index in [1.54, 1.807) is 11.8 Å². The third-order valence-electron chi connectivity index (χ3n) is 2.82. The summed E-state index contributed by atoms with van der Waals surface area (Å²) in [6.45, 7) is 0. The largest absolute Gasteiger partial charge is 0.378 e. The fourth-order valence-corrected chi connectivity index (χ4v) is 2.30. The van der Waals surface area contributed by atoms with Crippen LogP contribution in [0.3, 0.4) is 0 Å². The second-order valence-electron chi connectivity index (χ2n) is 4.55. The van der Waals surface area contributed by atoms with Gasteiger partial charge in [0.25, 0.3) is 0 Å². The van der Waals surface area contributed by atoms with E-state index in [1.165, 1.54) is 16.8 Å². The van der Waals surface area contributed by atoms with Gasteiger partial charge in [0, 0.05) is 25.5 Å². The normalized spacial score (nSPS) is 22.1. The summed E-state index contributed by atoms with van der Waals surface area (Å²) < 4.78 is 0. The maximum absolute atomic E-state index is 2.20. The number of anilines is 1. The summed E-state index contributed by atoms with van der Waals surface area (Å²) in [7, 11) is 4.11. The summed E-state index contributed by atoms with van der Waals surface area (Å²) in [6.07, 6.45) is 12.9. The molecule has 2 heteroatoms. The second-order valence-corrected chi connectivity index (χ2v) is 5.49. The summed E-state index contributed by atoms with van der Waals surface area (Å²) in [5.74, 6) is 1.02. The average Bonchev–Trinajstić information content (AvgIpc) is 2.53. The lowest BCUT2D eigenvalue weighted by molar-refractivity contribution is 1.13. The Bertz CT molecular complexity index is 519. The van der Waals surface area contributed by atoms with Gasteiger partial charge in [-0.2, -0.15) is 0 Å². The number of hydrogen-bond acceptors (Lipinski definition) is 2. The van der Waals surface area contributed by atoms with Gasteiger partial charge in [0.2, 0.25) is 0 Å². The van der Waals surface area contributed by atoms with Crippen molar-refractivity contribution < 1.29 is 0 Å². The van der Waals surface area contributed by atoms with Crippen molar-refractivity contribution in [1.82, 2.24) is 0 Å². The molecule has 98 valence electrons. The lowest BCUT2D eigenvalue weighted by Crippen LogP contribution is -2.07. The van der Waals surface area contributed by atoms with Crippen molar-refractivity contribution >= 4 is 23.5 Å². The summed E-state index contributed by atoms with van der Waals surface area (Å²) >= 11 is 1.80. The highest BCUT2D eigenvalue weighted by atomic mass is 32.2. The molecule has 0 N–H and O–H groups in total. The van der Waals surface area contributed by atoms with Crippen molar-refractivity contribution in [3.8, 4) is 0 Å². The topological polar surface area (TPSA) is 3.24 Å². The van der Waals surface area contributed by atoms with E-state index in [-0.39, 0.29) is 0 Å². The molecule has 0 fully saturated rings. The monoisotopic (exact) mass is 269 g/mol. The minimum atomic E-state index is 1.02. The molecule has 0 aromatic heterocycles. The quantitative estimate of drug-likeness (QED) is 0.777. The molecule has 19 heavy (non-hydrogen) atoms.